The number of rotatable bonds is 4. The Morgan fingerprint density at radius 1 is 1.58 bits per heavy atom. The smallest absolute Gasteiger partial charge is 0.251 e. The first-order chi connectivity index (χ1) is 9.33. The molecule has 3 heterocycles. The van der Waals surface area contributed by atoms with Gasteiger partial charge in [-0.05, 0) is 37.9 Å². The Kier molecular flexibility index (Phi) is 3.41. The summed E-state index contributed by atoms with van der Waals surface area (Å²) in [5.74, 6) is -0.0523. The second-order valence-corrected chi connectivity index (χ2v) is 4.85. The van der Waals surface area contributed by atoms with Crippen LogP contribution in [0.15, 0.2) is 24.7 Å². The molecule has 1 atom stereocenters. The summed E-state index contributed by atoms with van der Waals surface area (Å²) < 4.78 is 1.78. The number of carbonyl (C=O) groups is 1. The Labute approximate surface area is 111 Å². The lowest BCUT2D eigenvalue weighted by atomic mass is 10.1. The van der Waals surface area contributed by atoms with Crippen molar-refractivity contribution in [3.63, 3.8) is 0 Å². The highest BCUT2D eigenvalue weighted by molar-refractivity contribution is 5.94. The molecule has 2 aromatic rings. The normalized spacial score (nSPS) is 18.8. The monoisotopic (exact) mass is 259 g/mol. The van der Waals surface area contributed by atoms with Crippen molar-refractivity contribution in [2.75, 3.05) is 13.1 Å². The van der Waals surface area contributed by atoms with Crippen molar-refractivity contribution < 1.29 is 4.79 Å². The molecule has 1 saturated heterocycles. The number of carbonyl (C=O) groups excluding carboxylic acids is 1. The molecule has 1 fully saturated rings. The zero-order valence-corrected chi connectivity index (χ0v) is 10.7. The number of nitrogens with zero attached hydrogens (tertiary/aromatic N) is 3. The minimum atomic E-state index is -0.0523. The second kappa shape index (κ2) is 5.36. The SMILES string of the molecule is O=C(NCC[C@@H]1CCCN1)c1ccn2cnnc2c1. The van der Waals surface area contributed by atoms with Crippen LogP contribution in [-0.4, -0.2) is 39.6 Å². The fourth-order valence-electron chi connectivity index (χ4n) is 2.42. The molecule has 1 amide bonds. The molecule has 2 N–H and O–H groups in total. The van der Waals surface area contributed by atoms with Crippen molar-refractivity contribution in [3.8, 4) is 0 Å². The van der Waals surface area contributed by atoms with Crippen LogP contribution >= 0.6 is 0 Å². The molecule has 100 valence electrons. The van der Waals surface area contributed by atoms with Gasteiger partial charge in [0.05, 0.1) is 0 Å². The van der Waals surface area contributed by atoms with Gasteiger partial charge in [0, 0.05) is 24.3 Å². The van der Waals surface area contributed by atoms with Gasteiger partial charge >= 0.3 is 0 Å². The third-order valence-electron chi connectivity index (χ3n) is 3.50. The molecule has 0 aromatic carbocycles. The number of hydrogen-bond donors (Lipinski definition) is 2. The zero-order chi connectivity index (χ0) is 13.1. The number of amides is 1. The summed E-state index contributed by atoms with van der Waals surface area (Å²) in [4.78, 5) is 12.0. The van der Waals surface area contributed by atoms with E-state index in [1.54, 1.807) is 29.1 Å². The molecule has 6 heteroatoms. The predicted molar refractivity (Wildman–Crippen MR) is 71.0 cm³/mol. The molecule has 19 heavy (non-hydrogen) atoms. The molecule has 0 aliphatic carbocycles. The number of aromatic nitrogens is 3. The van der Waals surface area contributed by atoms with Crippen LogP contribution in [0.3, 0.4) is 0 Å². The largest absolute Gasteiger partial charge is 0.352 e. The molecule has 3 rings (SSSR count). The molecule has 0 bridgehead atoms. The van der Waals surface area contributed by atoms with Gasteiger partial charge in [0.2, 0.25) is 0 Å². The van der Waals surface area contributed by atoms with Crippen LogP contribution in [0.5, 0.6) is 0 Å². The lowest BCUT2D eigenvalue weighted by Gasteiger charge is -2.10. The van der Waals surface area contributed by atoms with Crippen molar-refractivity contribution in [1.29, 1.82) is 0 Å². The average molecular weight is 259 g/mol. The molecular weight excluding hydrogens is 242 g/mol. The fraction of sp³-hybridized carbons (Fsp3) is 0.462. The summed E-state index contributed by atoms with van der Waals surface area (Å²) in [6, 6.07) is 4.08. The van der Waals surface area contributed by atoms with Crippen LogP contribution in [0.4, 0.5) is 0 Å². The lowest BCUT2D eigenvalue weighted by Crippen LogP contribution is -2.30. The van der Waals surface area contributed by atoms with Gasteiger partial charge in [-0.3, -0.25) is 9.20 Å². The number of nitrogens with one attached hydrogen (secondary N) is 2. The van der Waals surface area contributed by atoms with Crippen LogP contribution in [-0.2, 0) is 0 Å². The van der Waals surface area contributed by atoms with Gasteiger partial charge in [-0.1, -0.05) is 0 Å². The molecule has 1 aliphatic heterocycles. The molecular formula is C13H17N5O. The Morgan fingerprint density at radius 3 is 3.37 bits per heavy atom. The Balaban J connectivity index is 1.56. The summed E-state index contributed by atoms with van der Waals surface area (Å²) in [6.07, 6.45) is 6.84. The average Bonchev–Trinajstić information content (AvgIpc) is 3.08. The topological polar surface area (TPSA) is 71.3 Å². The predicted octanol–water partition coefficient (Wildman–Crippen LogP) is 0.601. The molecule has 0 radical (unpaired) electrons. The van der Waals surface area contributed by atoms with E-state index in [9.17, 15) is 4.79 Å². The van der Waals surface area contributed by atoms with Crippen molar-refractivity contribution in [2.24, 2.45) is 0 Å². The Morgan fingerprint density at radius 2 is 2.53 bits per heavy atom. The maximum absolute atomic E-state index is 12.0. The first kappa shape index (κ1) is 12.1. The molecule has 6 nitrogen and oxygen atoms in total. The zero-order valence-electron chi connectivity index (χ0n) is 10.7. The molecule has 0 saturated carbocycles. The molecule has 2 aromatic heterocycles. The summed E-state index contributed by atoms with van der Waals surface area (Å²) >= 11 is 0. The highest BCUT2D eigenvalue weighted by Crippen LogP contribution is 2.08. The Hall–Kier alpha value is -1.95. The first-order valence-electron chi connectivity index (χ1n) is 6.64. The van der Waals surface area contributed by atoms with Gasteiger partial charge in [-0.2, -0.15) is 0 Å². The molecule has 0 spiro atoms. The number of hydrogen-bond acceptors (Lipinski definition) is 4. The van der Waals surface area contributed by atoms with E-state index in [1.165, 1.54) is 12.8 Å². The Bertz CT molecular complexity index is 573. The van der Waals surface area contributed by atoms with Crippen LogP contribution in [0.1, 0.15) is 29.6 Å². The number of fused-ring (bicyclic) bond motifs is 1. The highest BCUT2D eigenvalue weighted by Gasteiger charge is 2.14. The third kappa shape index (κ3) is 2.73. The van der Waals surface area contributed by atoms with E-state index >= 15 is 0 Å². The first-order valence-corrected chi connectivity index (χ1v) is 6.64. The molecule has 1 aliphatic rings. The fourth-order valence-corrected chi connectivity index (χ4v) is 2.42. The lowest BCUT2D eigenvalue weighted by molar-refractivity contribution is 0.0952. The van der Waals surface area contributed by atoms with E-state index in [-0.39, 0.29) is 5.91 Å². The summed E-state index contributed by atoms with van der Waals surface area (Å²) in [5.41, 5.74) is 1.31. The minimum absolute atomic E-state index is 0.0523. The summed E-state index contributed by atoms with van der Waals surface area (Å²) in [6.45, 7) is 1.80. The van der Waals surface area contributed by atoms with E-state index in [0.717, 1.165) is 13.0 Å². The van der Waals surface area contributed by atoms with E-state index in [0.29, 0.717) is 23.8 Å². The van der Waals surface area contributed by atoms with Crippen molar-refractivity contribution in [2.45, 2.75) is 25.3 Å². The quantitative estimate of drug-likeness (QED) is 0.843. The van der Waals surface area contributed by atoms with E-state index < -0.39 is 0 Å². The van der Waals surface area contributed by atoms with E-state index in [2.05, 4.69) is 20.8 Å². The highest BCUT2D eigenvalue weighted by atomic mass is 16.1. The minimum Gasteiger partial charge on any atom is -0.352 e. The van der Waals surface area contributed by atoms with Crippen molar-refractivity contribution in [1.82, 2.24) is 25.2 Å². The standard InChI is InChI=1S/C13H17N5O/c19-13(15-6-3-11-2-1-5-14-11)10-4-7-18-9-16-17-12(18)8-10/h4,7-9,11,14H,1-3,5-6H2,(H,15,19)/t11-/m0/s1. The molecule has 0 unspecified atom stereocenters. The van der Waals surface area contributed by atoms with E-state index in [4.69, 9.17) is 0 Å². The summed E-state index contributed by atoms with van der Waals surface area (Å²) in [5, 5.41) is 14.1. The number of pyridine rings is 1. The van der Waals surface area contributed by atoms with Crippen LogP contribution < -0.4 is 10.6 Å². The second-order valence-electron chi connectivity index (χ2n) is 4.85. The van der Waals surface area contributed by atoms with Crippen LogP contribution in [0.25, 0.3) is 5.65 Å². The van der Waals surface area contributed by atoms with Gasteiger partial charge in [-0.25, -0.2) is 0 Å². The van der Waals surface area contributed by atoms with E-state index in [1.807, 2.05) is 0 Å². The van der Waals surface area contributed by atoms with Crippen molar-refractivity contribution in [3.05, 3.63) is 30.2 Å². The van der Waals surface area contributed by atoms with Gasteiger partial charge in [-0.15, -0.1) is 10.2 Å². The van der Waals surface area contributed by atoms with Crippen LogP contribution in [0.2, 0.25) is 0 Å². The van der Waals surface area contributed by atoms with Crippen LogP contribution in [0, 0.1) is 0 Å². The van der Waals surface area contributed by atoms with Gasteiger partial charge in [0.25, 0.3) is 5.91 Å². The van der Waals surface area contributed by atoms with Gasteiger partial charge in [0.1, 0.15) is 6.33 Å². The third-order valence-corrected chi connectivity index (χ3v) is 3.50. The summed E-state index contributed by atoms with van der Waals surface area (Å²) in [7, 11) is 0. The van der Waals surface area contributed by atoms with Gasteiger partial charge < -0.3 is 10.6 Å². The maximum Gasteiger partial charge on any atom is 0.251 e. The van der Waals surface area contributed by atoms with Gasteiger partial charge in [0.15, 0.2) is 5.65 Å². The maximum atomic E-state index is 12.0. The van der Waals surface area contributed by atoms with Crippen molar-refractivity contribution >= 4 is 11.6 Å².